The van der Waals surface area contributed by atoms with Crippen LogP contribution in [0.2, 0.25) is 0 Å². The third-order valence-corrected chi connectivity index (χ3v) is 4.56. The maximum Gasteiger partial charge on any atom is 0.417 e. The highest BCUT2D eigenvalue weighted by molar-refractivity contribution is 6.23. The smallest absolute Gasteiger partial charge is 0.417 e. The predicted octanol–water partition coefficient (Wildman–Crippen LogP) is 3.51. The first-order valence-corrected chi connectivity index (χ1v) is 8.16. The summed E-state index contributed by atoms with van der Waals surface area (Å²) in [5, 5.41) is 11.1. The van der Waals surface area contributed by atoms with Gasteiger partial charge in [0.05, 0.1) is 30.0 Å². The van der Waals surface area contributed by atoms with Gasteiger partial charge in [-0.25, -0.2) is 14.1 Å². The Kier molecular flexibility index (Phi) is 4.92. The Labute approximate surface area is 162 Å². The number of ether oxygens (including phenoxy) is 1. The first-order valence-electron chi connectivity index (χ1n) is 8.16. The van der Waals surface area contributed by atoms with Gasteiger partial charge in [-0.1, -0.05) is 12.1 Å². The zero-order chi connectivity index (χ0) is 21.4. The second-order valence-electron chi connectivity index (χ2n) is 6.18. The number of halogens is 4. The number of urea groups is 1. The maximum atomic E-state index is 14.0. The molecular formula is C19H13F4N3O3. The van der Waals surface area contributed by atoms with E-state index in [1.165, 1.54) is 37.4 Å². The fourth-order valence-electron chi connectivity index (χ4n) is 3.05. The van der Waals surface area contributed by atoms with E-state index in [2.05, 4.69) is 5.32 Å². The summed E-state index contributed by atoms with van der Waals surface area (Å²) in [4.78, 5) is 25.8. The number of anilines is 1. The van der Waals surface area contributed by atoms with E-state index in [4.69, 9.17) is 10.00 Å². The van der Waals surface area contributed by atoms with Crippen LogP contribution in [-0.2, 0) is 16.5 Å². The number of rotatable bonds is 4. The number of hydrogen-bond donors (Lipinski definition) is 1. The quantitative estimate of drug-likeness (QED) is 0.621. The van der Waals surface area contributed by atoms with E-state index in [0.29, 0.717) is 16.7 Å². The Morgan fingerprint density at radius 3 is 2.34 bits per heavy atom. The highest BCUT2D eigenvalue weighted by Crippen LogP contribution is 2.38. The number of imide groups is 1. The van der Waals surface area contributed by atoms with Gasteiger partial charge in [0.1, 0.15) is 12.4 Å². The zero-order valence-corrected chi connectivity index (χ0v) is 14.9. The van der Waals surface area contributed by atoms with Crippen LogP contribution < -0.4 is 15.0 Å². The van der Waals surface area contributed by atoms with Crippen LogP contribution in [0.4, 0.5) is 28.0 Å². The van der Waals surface area contributed by atoms with Crippen LogP contribution in [0, 0.1) is 11.3 Å². The number of nitrogens with zero attached hydrogens (tertiary/aromatic N) is 2. The van der Waals surface area contributed by atoms with Crippen molar-refractivity contribution < 1.29 is 31.9 Å². The molecule has 0 aliphatic carbocycles. The van der Waals surface area contributed by atoms with E-state index in [-0.39, 0.29) is 5.56 Å². The molecule has 1 unspecified atom stereocenters. The van der Waals surface area contributed by atoms with Gasteiger partial charge in [-0.15, -0.1) is 0 Å². The van der Waals surface area contributed by atoms with Crippen molar-refractivity contribution in [3.8, 4) is 11.8 Å². The molecule has 1 N–H and O–H groups in total. The number of hydrogen-bond acceptors (Lipinski definition) is 4. The van der Waals surface area contributed by atoms with Gasteiger partial charge in [-0.2, -0.15) is 18.4 Å². The number of alkyl halides is 4. The van der Waals surface area contributed by atoms with Crippen molar-refractivity contribution in [2.75, 3.05) is 18.7 Å². The summed E-state index contributed by atoms with van der Waals surface area (Å²) in [5.41, 5.74) is -4.38. The van der Waals surface area contributed by atoms with E-state index in [9.17, 15) is 27.2 Å². The van der Waals surface area contributed by atoms with Gasteiger partial charge in [0, 0.05) is 0 Å². The van der Waals surface area contributed by atoms with E-state index in [1.807, 2.05) is 0 Å². The highest BCUT2D eigenvalue weighted by atomic mass is 19.4. The number of nitriles is 1. The van der Waals surface area contributed by atoms with Crippen molar-refractivity contribution >= 4 is 17.6 Å². The van der Waals surface area contributed by atoms with Gasteiger partial charge < -0.3 is 10.1 Å². The third-order valence-electron chi connectivity index (χ3n) is 4.56. The molecule has 0 bridgehead atoms. The Morgan fingerprint density at radius 1 is 1.17 bits per heavy atom. The molecule has 29 heavy (non-hydrogen) atoms. The average molecular weight is 407 g/mol. The molecule has 0 saturated carbocycles. The van der Waals surface area contributed by atoms with Crippen molar-refractivity contribution in [3.63, 3.8) is 0 Å². The summed E-state index contributed by atoms with van der Waals surface area (Å²) < 4.78 is 58.7. The first kappa shape index (κ1) is 20.1. The molecule has 0 spiro atoms. The van der Waals surface area contributed by atoms with Crippen molar-refractivity contribution in [1.82, 2.24) is 5.32 Å². The molecule has 6 nitrogen and oxygen atoms in total. The summed E-state index contributed by atoms with van der Waals surface area (Å²) in [6, 6.07) is 8.37. The molecular weight excluding hydrogens is 394 g/mol. The first-order chi connectivity index (χ1) is 13.7. The maximum absolute atomic E-state index is 14.0. The number of amides is 3. The lowest BCUT2D eigenvalue weighted by Crippen LogP contribution is -2.46. The number of methoxy groups -OCH3 is 1. The second kappa shape index (κ2) is 7.09. The van der Waals surface area contributed by atoms with Gasteiger partial charge in [-0.3, -0.25) is 4.79 Å². The molecule has 150 valence electrons. The molecule has 1 fully saturated rings. The molecule has 0 radical (unpaired) electrons. The lowest BCUT2D eigenvalue weighted by Gasteiger charge is -2.24. The average Bonchev–Trinajstić information content (AvgIpc) is 2.97. The van der Waals surface area contributed by atoms with Crippen LogP contribution in [0.5, 0.6) is 5.75 Å². The molecule has 3 rings (SSSR count). The van der Waals surface area contributed by atoms with E-state index < -0.39 is 47.1 Å². The highest BCUT2D eigenvalue weighted by Gasteiger charge is 2.53. The standard InChI is InChI=1S/C19H13F4N3O3/c1-29-14-6-3-12(4-7-14)18(10-20)16(27)26(17(28)25-18)13-5-2-11(9-24)15(8-13)19(21,22)23/h2-8H,10H2,1H3,(H,25,28). The molecule has 1 aliphatic heterocycles. The monoisotopic (exact) mass is 407 g/mol. The van der Waals surface area contributed by atoms with Crippen molar-refractivity contribution in [2.24, 2.45) is 0 Å². The van der Waals surface area contributed by atoms with Gasteiger partial charge in [0.25, 0.3) is 5.91 Å². The van der Waals surface area contributed by atoms with Crippen LogP contribution in [0.1, 0.15) is 16.7 Å². The summed E-state index contributed by atoms with van der Waals surface area (Å²) in [7, 11) is 1.41. The fraction of sp³-hybridized carbons (Fsp3) is 0.211. The molecule has 3 amide bonds. The minimum absolute atomic E-state index is 0.103. The van der Waals surface area contributed by atoms with Crippen LogP contribution in [0.25, 0.3) is 0 Å². The van der Waals surface area contributed by atoms with Gasteiger partial charge in [0.15, 0.2) is 5.54 Å². The molecule has 1 atom stereocenters. The molecule has 1 aliphatic rings. The van der Waals surface area contributed by atoms with Gasteiger partial charge >= 0.3 is 12.2 Å². The number of benzene rings is 2. The van der Waals surface area contributed by atoms with Gasteiger partial charge in [-0.05, 0) is 35.9 Å². The molecule has 0 aromatic heterocycles. The minimum Gasteiger partial charge on any atom is -0.497 e. The Hall–Kier alpha value is -3.61. The Morgan fingerprint density at radius 2 is 1.83 bits per heavy atom. The molecule has 1 heterocycles. The largest absolute Gasteiger partial charge is 0.497 e. The van der Waals surface area contributed by atoms with E-state index in [0.717, 1.165) is 12.1 Å². The third kappa shape index (κ3) is 3.24. The van der Waals surface area contributed by atoms with Crippen molar-refractivity contribution in [2.45, 2.75) is 11.7 Å². The van der Waals surface area contributed by atoms with E-state index >= 15 is 0 Å². The molecule has 1 saturated heterocycles. The Bertz CT molecular complexity index is 1010. The Balaban J connectivity index is 2.07. The van der Waals surface area contributed by atoms with Crippen LogP contribution in [0.15, 0.2) is 42.5 Å². The fourth-order valence-corrected chi connectivity index (χ4v) is 3.05. The van der Waals surface area contributed by atoms with Crippen LogP contribution in [-0.4, -0.2) is 25.7 Å². The summed E-state index contributed by atoms with van der Waals surface area (Å²) in [6.45, 7) is -1.32. The lowest BCUT2D eigenvalue weighted by atomic mass is 9.91. The van der Waals surface area contributed by atoms with Crippen LogP contribution in [0.3, 0.4) is 0 Å². The molecule has 2 aromatic rings. The van der Waals surface area contributed by atoms with Crippen LogP contribution >= 0.6 is 0 Å². The summed E-state index contributed by atoms with van der Waals surface area (Å²) >= 11 is 0. The number of carbonyl (C=O) groups is 2. The van der Waals surface area contributed by atoms with E-state index in [1.54, 1.807) is 0 Å². The second-order valence-corrected chi connectivity index (χ2v) is 6.18. The molecule has 2 aromatic carbocycles. The van der Waals surface area contributed by atoms with Gasteiger partial charge in [0.2, 0.25) is 0 Å². The number of nitrogens with one attached hydrogen (secondary N) is 1. The summed E-state index contributed by atoms with van der Waals surface area (Å²) in [6.07, 6.45) is -4.88. The van der Waals surface area contributed by atoms with Crippen molar-refractivity contribution in [3.05, 3.63) is 59.2 Å². The van der Waals surface area contributed by atoms with Crippen molar-refractivity contribution in [1.29, 1.82) is 5.26 Å². The normalized spacial score (nSPS) is 19.1. The topological polar surface area (TPSA) is 82.4 Å². The zero-order valence-electron chi connectivity index (χ0n) is 14.9. The number of carbonyl (C=O) groups excluding carboxylic acids is 2. The minimum atomic E-state index is -4.88. The molecule has 10 heteroatoms. The summed E-state index contributed by atoms with van der Waals surface area (Å²) in [5.74, 6) is -0.647. The lowest BCUT2D eigenvalue weighted by molar-refractivity contribution is -0.137. The SMILES string of the molecule is COc1ccc(C2(CF)NC(=O)N(c3ccc(C#N)c(C(F)(F)F)c3)C2=O)cc1. The predicted molar refractivity (Wildman–Crippen MR) is 92.8 cm³/mol.